The van der Waals surface area contributed by atoms with Gasteiger partial charge in [0.25, 0.3) is 0 Å². The topological polar surface area (TPSA) is 101 Å². The van der Waals surface area contributed by atoms with Crippen LogP contribution in [0.5, 0.6) is 0 Å². The van der Waals surface area contributed by atoms with E-state index in [2.05, 4.69) is 48.5 Å². The van der Waals surface area contributed by atoms with Crippen LogP contribution in [0.15, 0.2) is 212 Å². The minimum atomic E-state index is 0.562. The molecular weight excluding hydrogens is 759 g/mol. The number of aromatic nitrogens is 6. The Morgan fingerprint density at radius 3 is 0.984 bits per heavy atom. The van der Waals surface area contributed by atoms with Gasteiger partial charge in [-0.3, -0.25) is 0 Å². The Labute approximate surface area is 359 Å². The summed E-state index contributed by atoms with van der Waals surface area (Å²) in [5.74, 6) is 3.52. The summed E-state index contributed by atoms with van der Waals surface area (Å²) in [5, 5.41) is 10.1. The average Bonchev–Trinajstić information content (AvgIpc) is 3.37. The van der Waals surface area contributed by atoms with Crippen LogP contribution in [-0.4, -0.2) is 29.9 Å². The van der Waals surface area contributed by atoms with Crippen molar-refractivity contribution >= 4 is 0 Å². The molecule has 10 rings (SSSR count). The van der Waals surface area contributed by atoms with E-state index in [1.165, 1.54) is 0 Å². The van der Waals surface area contributed by atoms with E-state index in [0.717, 1.165) is 66.8 Å². The number of rotatable bonds is 9. The summed E-state index contributed by atoms with van der Waals surface area (Å²) < 4.78 is 0. The summed E-state index contributed by atoms with van der Waals surface area (Å²) in [6.07, 6.45) is 0. The largest absolute Gasteiger partial charge is 0.208 e. The number of hydrogen-bond donors (Lipinski definition) is 0. The monoisotopic (exact) mass is 793 g/mol. The third-order valence-corrected chi connectivity index (χ3v) is 10.6. The summed E-state index contributed by atoms with van der Waals surface area (Å²) in [5.41, 5.74) is 11.6. The molecule has 0 aliphatic heterocycles. The predicted molar refractivity (Wildman–Crippen MR) is 247 cm³/mol. The third kappa shape index (κ3) is 7.75. The molecule has 62 heavy (non-hydrogen) atoms. The highest BCUT2D eigenvalue weighted by Gasteiger charge is 2.18. The minimum absolute atomic E-state index is 0.562. The molecule has 0 atom stereocenters. The highest BCUT2D eigenvalue weighted by molar-refractivity contribution is 5.90. The highest BCUT2D eigenvalue weighted by Crippen LogP contribution is 2.39. The van der Waals surface area contributed by atoms with Gasteiger partial charge in [0.15, 0.2) is 34.9 Å². The molecule has 0 unspecified atom stereocenters. The van der Waals surface area contributed by atoms with E-state index in [1.54, 1.807) is 0 Å². The van der Waals surface area contributed by atoms with Crippen LogP contribution in [0.25, 0.3) is 102 Å². The van der Waals surface area contributed by atoms with Gasteiger partial charge in [-0.05, 0) is 57.6 Å². The Morgan fingerprint density at radius 1 is 0.242 bits per heavy atom. The number of benzene rings is 8. The smallest absolute Gasteiger partial charge is 0.164 e. The van der Waals surface area contributed by atoms with Crippen molar-refractivity contribution in [2.75, 3.05) is 0 Å². The van der Waals surface area contributed by atoms with Gasteiger partial charge >= 0.3 is 0 Å². The van der Waals surface area contributed by atoms with Gasteiger partial charge in [0, 0.05) is 33.4 Å². The lowest BCUT2D eigenvalue weighted by Gasteiger charge is -2.16. The summed E-state index contributed by atoms with van der Waals surface area (Å²) in [7, 11) is 0. The molecule has 0 aliphatic carbocycles. The summed E-state index contributed by atoms with van der Waals surface area (Å²) in [6, 6.07) is 73.0. The van der Waals surface area contributed by atoms with Gasteiger partial charge in [-0.15, -0.1) is 0 Å². The van der Waals surface area contributed by atoms with Crippen molar-refractivity contribution in [2.45, 2.75) is 0 Å². The van der Waals surface area contributed by atoms with E-state index in [9.17, 15) is 5.26 Å². The lowest BCUT2D eigenvalue weighted by molar-refractivity contribution is 1.07. The first-order valence-electron chi connectivity index (χ1n) is 20.3. The van der Waals surface area contributed by atoms with E-state index in [-0.39, 0.29) is 0 Å². The second-order valence-corrected chi connectivity index (χ2v) is 14.7. The molecule has 10 aromatic rings. The maximum atomic E-state index is 10.1. The van der Waals surface area contributed by atoms with Crippen molar-refractivity contribution in [2.24, 2.45) is 0 Å². The maximum Gasteiger partial charge on any atom is 0.164 e. The normalized spacial score (nSPS) is 10.9. The molecule has 0 radical (unpaired) electrons. The summed E-state index contributed by atoms with van der Waals surface area (Å²) >= 11 is 0. The molecule has 0 N–H and O–H groups in total. The molecule has 0 saturated carbocycles. The minimum Gasteiger partial charge on any atom is -0.208 e. The molecule has 0 saturated heterocycles. The van der Waals surface area contributed by atoms with Gasteiger partial charge < -0.3 is 0 Å². The number of nitrogens with zero attached hydrogens (tertiary/aromatic N) is 7. The standard InChI is InChI=1S/C55H35N7/c56-36-46-25-13-14-30-47(46)43-31-32-48(41-26-15-28-44(33-41)54-59-50(37-17-5-1-6-18-37)57-51(60-54)38-19-7-2-8-20-38)49(35-43)42-27-16-29-45(34-42)55-61-52(39-21-9-3-10-22-39)58-53(62-55)40-23-11-4-12-24-40/h1-35H. The van der Waals surface area contributed by atoms with Crippen LogP contribution < -0.4 is 0 Å². The Balaban J connectivity index is 1.13. The molecule has 0 spiro atoms. The molecule has 2 aromatic heterocycles. The maximum absolute atomic E-state index is 10.1. The van der Waals surface area contributed by atoms with Crippen LogP contribution in [0.4, 0.5) is 0 Å². The molecule has 8 aromatic carbocycles. The first-order chi connectivity index (χ1) is 30.7. The molecule has 2 heterocycles. The second kappa shape index (κ2) is 16.9. The van der Waals surface area contributed by atoms with Gasteiger partial charge in [-0.1, -0.05) is 188 Å². The molecule has 0 fully saturated rings. The fourth-order valence-corrected chi connectivity index (χ4v) is 7.56. The van der Waals surface area contributed by atoms with Gasteiger partial charge in [0.2, 0.25) is 0 Å². The fraction of sp³-hybridized carbons (Fsp3) is 0. The predicted octanol–water partition coefficient (Wildman–Crippen LogP) is 12.9. The van der Waals surface area contributed by atoms with Gasteiger partial charge in [-0.25, -0.2) is 29.9 Å². The Hall–Kier alpha value is -8.73. The average molecular weight is 794 g/mol. The van der Waals surface area contributed by atoms with Crippen LogP contribution >= 0.6 is 0 Å². The lowest BCUT2D eigenvalue weighted by Crippen LogP contribution is -2.00. The second-order valence-electron chi connectivity index (χ2n) is 14.7. The van der Waals surface area contributed by atoms with Crippen LogP contribution in [0.3, 0.4) is 0 Å². The van der Waals surface area contributed by atoms with Crippen LogP contribution in [-0.2, 0) is 0 Å². The molecule has 0 bridgehead atoms. The molecular formula is C55H35N7. The zero-order valence-electron chi connectivity index (χ0n) is 33.3. The molecule has 290 valence electrons. The Bertz CT molecular complexity index is 3120. The van der Waals surface area contributed by atoms with Gasteiger partial charge in [-0.2, -0.15) is 5.26 Å². The number of hydrogen-bond acceptors (Lipinski definition) is 7. The van der Waals surface area contributed by atoms with E-state index >= 15 is 0 Å². The molecule has 0 aliphatic rings. The lowest BCUT2D eigenvalue weighted by atomic mass is 9.89. The SMILES string of the molecule is N#Cc1ccccc1-c1ccc(-c2cccc(-c3nc(-c4ccccc4)nc(-c4ccccc4)n3)c2)c(-c2cccc(-c3nc(-c4ccccc4)nc(-c4ccccc4)n3)c2)c1. The van der Waals surface area contributed by atoms with E-state index in [1.807, 2.05) is 170 Å². The molecule has 7 heteroatoms. The van der Waals surface area contributed by atoms with Crippen LogP contribution in [0.2, 0.25) is 0 Å². The van der Waals surface area contributed by atoms with Crippen molar-refractivity contribution in [1.82, 2.24) is 29.9 Å². The van der Waals surface area contributed by atoms with E-state index in [4.69, 9.17) is 29.9 Å². The first kappa shape index (κ1) is 37.5. The highest BCUT2D eigenvalue weighted by atomic mass is 15.0. The molecule has 0 amide bonds. The Kier molecular flexibility index (Phi) is 10.2. The summed E-state index contributed by atoms with van der Waals surface area (Å²) in [6.45, 7) is 0. The van der Waals surface area contributed by atoms with Gasteiger partial charge in [0.05, 0.1) is 11.6 Å². The zero-order valence-corrected chi connectivity index (χ0v) is 33.3. The van der Waals surface area contributed by atoms with Crippen molar-refractivity contribution in [3.05, 3.63) is 218 Å². The van der Waals surface area contributed by atoms with Gasteiger partial charge in [0.1, 0.15) is 0 Å². The quantitative estimate of drug-likeness (QED) is 0.143. The van der Waals surface area contributed by atoms with Crippen LogP contribution in [0.1, 0.15) is 5.56 Å². The van der Waals surface area contributed by atoms with Crippen molar-refractivity contribution in [3.8, 4) is 108 Å². The third-order valence-electron chi connectivity index (χ3n) is 10.6. The van der Waals surface area contributed by atoms with E-state index < -0.39 is 0 Å². The van der Waals surface area contributed by atoms with Crippen molar-refractivity contribution in [3.63, 3.8) is 0 Å². The molecule has 7 nitrogen and oxygen atoms in total. The first-order valence-corrected chi connectivity index (χ1v) is 20.3. The van der Waals surface area contributed by atoms with Crippen LogP contribution in [0, 0.1) is 11.3 Å². The zero-order chi connectivity index (χ0) is 41.7. The van der Waals surface area contributed by atoms with E-state index in [0.29, 0.717) is 40.5 Å². The fourth-order valence-electron chi connectivity index (χ4n) is 7.56. The Morgan fingerprint density at radius 2 is 0.565 bits per heavy atom. The number of nitriles is 1. The van der Waals surface area contributed by atoms with Crippen molar-refractivity contribution in [1.29, 1.82) is 5.26 Å². The van der Waals surface area contributed by atoms with Crippen molar-refractivity contribution < 1.29 is 0 Å². The summed E-state index contributed by atoms with van der Waals surface area (Å²) in [4.78, 5) is 29.9.